The highest BCUT2D eigenvalue weighted by atomic mass is 35.5. The average molecular weight is 577 g/mol. The molecule has 210 valence electrons. The van der Waals surface area contributed by atoms with Crippen LogP contribution in [0.5, 0.6) is 5.75 Å². The molecule has 0 spiro atoms. The molecule has 0 aliphatic rings. The number of aryl methyl sites for hydroxylation is 1. The van der Waals surface area contributed by atoms with Crippen LogP contribution in [-0.4, -0.2) is 22.2 Å². The number of ether oxygens (including phenoxy) is 1. The van der Waals surface area contributed by atoms with Gasteiger partial charge < -0.3 is 14.9 Å². The number of hydrogen-bond donors (Lipinski definition) is 2. The number of para-hydroxylation sites is 1. The fraction of sp³-hybridized carbons (Fsp3) is 0.152. The molecular formula is C33H27ClF2O5. The zero-order valence-electron chi connectivity index (χ0n) is 21.8. The molecule has 1 unspecified atom stereocenters. The highest BCUT2D eigenvalue weighted by Gasteiger charge is 2.35. The molecular weight excluding hydrogens is 550 g/mol. The Labute approximate surface area is 241 Å². The lowest BCUT2D eigenvalue weighted by Gasteiger charge is -2.20. The molecule has 1 atom stereocenters. The van der Waals surface area contributed by atoms with Crippen molar-refractivity contribution in [2.45, 2.75) is 25.4 Å². The molecule has 2 N–H and O–H groups in total. The van der Waals surface area contributed by atoms with Crippen LogP contribution in [0, 0.1) is 5.92 Å². The van der Waals surface area contributed by atoms with Gasteiger partial charge in [-0.15, -0.1) is 0 Å². The summed E-state index contributed by atoms with van der Waals surface area (Å²) in [6.45, 7) is 0. The van der Waals surface area contributed by atoms with Gasteiger partial charge in [0.1, 0.15) is 5.75 Å². The van der Waals surface area contributed by atoms with Crippen LogP contribution in [0.15, 0.2) is 103 Å². The molecule has 0 bridgehead atoms. The Bertz CT molecular complexity index is 1520. The van der Waals surface area contributed by atoms with Crippen molar-refractivity contribution in [3.05, 3.63) is 142 Å². The lowest BCUT2D eigenvalue weighted by Crippen LogP contribution is -2.22. The number of hydrogen-bond acceptors (Lipinski definition) is 3. The van der Waals surface area contributed by atoms with Gasteiger partial charge in [0.2, 0.25) is 0 Å². The summed E-state index contributed by atoms with van der Waals surface area (Å²) in [4.78, 5) is 22.4. The van der Waals surface area contributed by atoms with Crippen LogP contribution in [0.2, 0.25) is 5.02 Å². The van der Waals surface area contributed by atoms with E-state index in [2.05, 4.69) is 0 Å². The Balaban J connectivity index is 1.55. The molecule has 0 heterocycles. The standard InChI is InChI=1S/C33H27ClF2O5/c34-29-19-17-28(18-20-29)33(35,36)41-30-4-2-1-3-25(30)12-9-23(21-24-10-15-27(16-11-24)32(39)40)6-5-22-7-13-26(14-8-22)31(37)38/h1-4,7-20,23H,5-6,21H2,(H,37,38)(H,39,40). The van der Waals surface area contributed by atoms with Crippen molar-refractivity contribution in [1.82, 2.24) is 0 Å². The highest BCUT2D eigenvalue weighted by molar-refractivity contribution is 6.30. The molecule has 41 heavy (non-hydrogen) atoms. The first-order valence-electron chi connectivity index (χ1n) is 12.9. The van der Waals surface area contributed by atoms with Gasteiger partial charge in [0.05, 0.1) is 16.7 Å². The van der Waals surface area contributed by atoms with Gasteiger partial charge >= 0.3 is 18.0 Å². The Hall–Kier alpha value is -4.49. The molecule has 0 fully saturated rings. The lowest BCUT2D eigenvalue weighted by atomic mass is 9.91. The third-order valence-electron chi connectivity index (χ3n) is 6.59. The van der Waals surface area contributed by atoms with Crippen LogP contribution in [0.1, 0.15) is 49.4 Å². The van der Waals surface area contributed by atoms with Crippen molar-refractivity contribution in [2.75, 3.05) is 0 Å². The van der Waals surface area contributed by atoms with E-state index in [1.165, 1.54) is 30.3 Å². The zero-order valence-corrected chi connectivity index (χ0v) is 22.6. The maximum atomic E-state index is 14.9. The van der Waals surface area contributed by atoms with Crippen molar-refractivity contribution in [2.24, 2.45) is 5.92 Å². The fourth-order valence-corrected chi connectivity index (χ4v) is 4.44. The molecule has 0 saturated heterocycles. The average Bonchev–Trinajstić information content (AvgIpc) is 2.95. The van der Waals surface area contributed by atoms with Crippen LogP contribution in [0.25, 0.3) is 6.08 Å². The molecule has 8 heteroatoms. The van der Waals surface area contributed by atoms with Crippen molar-refractivity contribution in [1.29, 1.82) is 0 Å². The second-order valence-corrected chi connectivity index (χ2v) is 9.97. The number of alkyl halides is 2. The first-order chi connectivity index (χ1) is 19.6. The maximum absolute atomic E-state index is 14.9. The topological polar surface area (TPSA) is 83.8 Å². The zero-order chi connectivity index (χ0) is 29.4. The molecule has 0 radical (unpaired) electrons. The second kappa shape index (κ2) is 13.2. The minimum Gasteiger partial charge on any atom is -0.478 e. The quantitative estimate of drug-likeness (QED) is 0.177. The molecule has 0 amide bonds. The number of benzene rings is 4. The number of halogens is 3. The van der Waals surface area contributed by atoms with E-state index in [1.807, 2.05) is 6.08 Å². The van der Waals surface area contributed by atoms with Gasteiger partial charge in [-0.05, 0) is 90.9 Å². The van der Waals surface area contributed by atoms with Crippen molar-refractivity contribution in [3.8, 4) is 5.75 Å². The van der Waals surface area contributed by atoms with Gasteiger partial charge in [0.15, 0.2) is 0 Å². The SMILES string of the molecule is O=C(O)c1ccc(CCC(C=Cc2ccccc2OC(F)(F)c2ccc(Cl)cc2)Cc2ccc(C(=O)O)cc2)cc1. The number of carbonyl (C=O) groups is 2. The van der Waals surface area contributed by atoms with Crippen LogP contribution < -0.4 is 4.74 Å². The van der Waals surface area contributed by atoms with Gasteiger partial charge in [-0.1, -0.05) is 66.2 Å². The van der Waals surface area contributed by atoms with E-state index in [4.69, 9.17) is 21.4 Å². The predicted molar refractivity (Wildman–Crippen MR) is 154 cm³/mol. The normalized spacial score (nSPS) is 12.3. The number of rotatable bonds is 12. The minimum absolute atomic E-state index is 0.0116. The van der Waals surface area contributed by atoms with E-state index in [-0.39, 0.29) is 28.4 Å². The predicted octanol–water partition coefficient (Wildman–Crippen LogP) is 8.37. The number of carboxylic acids is 2. The summed E-state index contributed by atoms with van der Waals surface area (Å²) in [5, 5.41) is 18.7. The van der Waals surface area contributed by atoms with Crippen LogP contribution >= 0.6 is 11.6 Å². The molecule has 0 aromatic heterocycles. The number of allylic oxidation sites excluding steroid dienone is 1. The Morgan fingerprint density at radius 1 is 0.805 bits per heavy atom. The molecule has 0 aliphatic carbocycles. The summed E-state index contributed by atoms with van der Waals surface area (Å²) in [7, 11) is 0. The number of carboxylic acid groups (broad SMARTS) is 2. The Morgan fingerprint density at radius 2 is 1.37 bits per heavy atom. The third kappa shape index (κ3) is 8.25. The molecule has 5 nitrogen and oxygen atoms in total. The summed E-state index contributed by atoms with van der Waals surface area (Å²) in [6, 6.07) is 25.0. The van der Waals surface area contributed by atoms with Crippen LogP contribution in [0.3, 0.4) is 0 Å². The largest absolute Gasteiger partial charge is 0.478 e. The highest BCUT2D eigenvalue weighted by Crippen LogP contribution is 2.34. The van der Waals surface area contributed by atoms with E-state index < -0.39 is 18.0 Å². The molecule has 0 aliphatic heterocycles. The van der Waals surface area contributed by atoms with Crippen molar-refractivity contribution in [3.63, 3.8) is 0 Å². The Morgan fingerprint density at radius 3 is 1.95 bits per heavy atom. The summed E-state index contributed by atoms with van der Waals surface area (Å²) < 4.78 is 35.1. The molecule has 4 aromatic rings. The lowest BCUT2D eigenvalue weighted by molar-refractivity contribution is -0.185. The van der Waals surface area contributed by atoms with E-state index in [1.54, 1.807) is 72.8 Å². The van der Waals surface area contributed by atoms with Gasteiger partial charge in [-0.3, -0.25) is 0 Å². The summed E-state index contributed by atoms with van der Waals surface area (Å²) in [6.07, 6.45) is 1.99. The maximum Gasteiger partial charge on any atom is 0.426 e. The third-order valence-corrected chi connectivity index (χ3v) is 6.84. The number of aromatic carboxylic acids is 2. The van der Waals surface area contributed by atoms with E-state index >= 15 is 0 Å². The van der Waals surface area contributed by atoms with Gasteiger partial charge in [-0.25, -0.2) is 9.59 Å². The van der Waals surface area contributed by atoms with Crippen molar-refractivity contribution >= 4 is 29.6 Å². The summed E-state index contributed by atoms with van der Waals surface area (Å²) in [5.41, 5.74) is 2.42. The fourth-order valence-electron chi connectivity index (χ4n) is 4.31. The second-order valence-electron chi connectivity index (χ2n) is 9.53. The molecule has 0 saturated carbocycles. The van der Waals surface area contributed by atoms with Crippen LogP contribution in [0.4, 0.5) is 8.78 Å². The summed E-state index contributed by atoms with van der Waals surface area (Å²) >= 11 is 5.84. The first-order valence-corrected chi connectivity index (χ1v) is 13.2. The van der Waals surface area contributed by atoms with Crippen molar-refractivity contribution < 1.29 is 33.3 Å². The Kier molecular flexibility index (Phi) is 9.53. The van der Waals surface area contributed by atoms with E-state index in [0.717, 1.165) is 11.1 Å². The molecule has 4 rings (SSSR count). The van der Waals surface area contributed by atoms with Gasteiger partial charge in [-0.2, -0.15) is 8.78 Å². The van der Waals surface area contributed by atoms with Gasteiger partial charge in [0.25, 0.3) is 0 Å². The smallest absolute Gasteiger partial charge is 0.426 e. The van der Waals surface area contributed by atoms with E-state index in [9.17, 15) is 23.5 Å². The monoisotopic (exact) mass is 576 g/mol. The minimum atomic E-state index is -3.58. The van der Waals surface area contributed by atoms with Crippen LogP contribution in [-0.2, 0) is 19.0 Å². The molecule has 4 aromatic carbocycles. The van der Waals surface area contributed by atoms with Gasteiger partial charge in [0, 0.05) is 10.6 Å². The summed E-state index contributed by atoms with van der Waals surface area (Å²) in [5.74, 6) is -2.04. The first kappa shape index (κ1) is 29.5. The van der Waals surface area contributed by atoms with E-state index in [0.29, 0.717) is 29.8 Å².